The third kappa shape index (κ3) is 4.26. The molecule has 0 aliphatic heterocycles. The van der Waals surface area contributed by atoms with E-state index in [0.29, 0.717) is 12.1 Å². The molecule has 0 saturated carbocycles. The van der Waals surface area contributed by atoms with Gasteiger partial charge >= 0.3 is 0 Å². The molecule has 0 fully saturated rings. The van der Waals surface area contributed by atoms with Gasteiger partial charge in [-0.05, 0) is 28.1 Å². The molecule has 114 valence electrons. The minimum atomic E-state index is -3.75. The van der Waals surface area contributed by atoms with Gasteiger partial charge in [0, 0.05) is 28.8 Å². The number of pyridine rings is 1. The van der Waals surface area contributed by atoms with Crippen LogP contribution in [0.3, 0.4) is 0 Å². The Balaban J connectivity index is 2.19. The fraction of sp³-hybridized carbons (Fsp3) is 0.333. The highest BCUT2D eigenvalue weighted by atomic mass is 79.9. The molecule has 0 aliphatic rings. The molecular formula is C12H16BrN5O2S. The van der Waals surface area contributed by atoms with Crippen LogP contribution >= 0.6 is 15.9 Å². The maximum absolute atomic E-state index is 12.4. The SMILES string of the molecule is CC(C)NCc1cn[nH]c1S(=O)(=O)Nc1ccc(Br)cn1. The van der Waals surface area contributed by atoms with Gasteiger partial charge in [0.2, 0.25) is 0 Å². The number of aromatic amines is 1. The lowest BCUT2D eigenvalue weighted by molar-refractivity contribution is 0.574. The van der Waals surface area contributed by atoms with Crippen LogP contribution in [0, 0.1) is 0 Å². The van der Waals surface area contributed by atoms with E-state index in [1.165, 1.54) is 12.4 Å². The highest BCUT2D eigenvalue weighted by molar-refractivity contribution is 9.10. The van der Waals surface area contributed by atoms with Crippen LogP contribution in [0.5, 0.6) is 0 Å². The third-order valence-corrected chi connectivity index (χ3v) is 4.45. The molecule has 0 bridgehead atoms. The van der Waals surface area contributed by atoms with Crippen LogP contribution in [-0.4, -0.2) is 29.6 Å². The van der Waals surface area contributed by atoms with Crippen LogP contribution in [0.25, 0.3) is 0 Å². The molecule has 2 heterocycles. The topological polar surface area (TPSA) is 99.8 Å². The summed E-state index contributed by atoms with van der Waals surface area (Å²) in [6.07, 6.45) is 3.02. The minimum Gasteiger partial charge on any atom is -0.310 e. The number of aromatic nitrogens is 3. The van der Waals surface area contributed by atoms with Crippen molar-refractivity contribution in [3.05, 3.63) is 34.6 Å². The van der Waals surface area contributed by atoms with Crippen LogP contribution in [0.4, 0.5) is 5.82 Å². The molecule has 0 aliphatic carbocycles. The Morgan fingerprint density at radius 1 is 1.33 bits per heavy atom. The molecule has 0 radical (unpaired) electrons. The van der Waals surface area contributed by atoms with Crippen molar-refractivity contribution in [3.63, 3.8) is 0 Å². The highest BCUT2D eigenvalue weighted by Crippen LogP contribution is 2.17. The van der Waals surface area contributed by atoms with Crippen molar-refractivity contribution in [1.29, 1.82) is 0 Å². The van der Waals surface area contributed by atoms with E-state index in [0.717, 1.165) is 4.47 Å². The Morgan fingerprint density at radius 3 is 2.71 bits per heavy atom. The van der Waals surface area contributed by atoms with E-state index in [1.807, 2.05) is 13.8 Å². The largest absolute Gasteiger partial charge is 0.310 e. The molecule has 7 nitrogen and oxygen atoms in total. The fourth-order valence-electron chi connectivity index (χ4n) is 1.60. The van der Waals surface area contributed by atoms with Gasteiger partial charge in [-0.15, -0.1) is 0 Å². The number of hydrogen-bond acceptors (Lipinski definition) is 5. The zero-order valence-corrected chi connectivity index (χ0v) is 14.0. The average Bonchev–Trinajstić information content (AvgIpc) is 2.88. The van der Waals surface area contributed by atoms with E-state index >= 15 is 0 Å². The second kappa shape index (κ2) is 6.54. The van der Waals surface area contributed by atoms with Crippen molar-refractivity contribution in [1.82, 2.24) is 20.5 Å². The molecular weight excluding hydrogens is 358 g/mol. The Hall–Kier alpha value is -1.45. The lowest BCUT2D eigenvalue weighted by atomic mass is 10.3. The van der Waals surface area contributed by atoms with E-state index in [4.69, 9.17) is 0 Å². The second-order valence-corrected chi connectivity index (χ2v) is 7.26. The molecule has 0 unspecified atom stereocenters. The number of hydrogen-bond donors (Lipinski definition) is 3. The molecule has 0 atom stereocenters. The number of H-pyrrole nitrogens is 1. The number of halogens is 1. The van der Waals surface area contributed by atoms with Crippen LogP contribution in [0.2, 0.25) is 0 Å². The molecule has 3 N–H and O–H groups in total. The van der Waals surface area contributed by atoms with Crippen molar-refractivity contribution in [2.24, 2.45) is 0 Å². The molecule has 9 heteroatoms. The summed E-state index contributed by atoms with van der Waals surface area (Å²) in [5.74, 6) is 0.246. The standard InChI is InChI=1S/C12H16BrN5O2S/c1-8(2)14-5-9-6-16-17-12(9)21(19,20)18-11-4-3-10(13)7-15-11/h3-4,6-8,14H,5H2,1-2H3,(H,15,18)(H,16,17). The summed E-state index contributed by atoms with van der Waals surface area (Å²) in [6, 6.07) is 3.53. The van der Waals surface area contributed by atoms with Crippen molar-refractivity contribution >= 4 is 31.8 Å². The van der Waals surface area contributed by atoms with Crippen LogP contribution in [0.15, 0.2) is 34.0 Å². The smallest absolute Gasteiger partial charge is 0.280 e. The van der Waals surface area contributed by atoms with E-state index in [1.54, 1.807) is 12.1 Å². The maximum atomic E-state index is 12.4. The first kappa shape index (κ1) is 15.9. The van der Waals surface area contributed by atoms with Gasteiger partial charge in [-0.25, -0.2) is 4.98 Å². The predicted octanol–water partition coefficient (Wildman–Crippen LogP) is 1.87. The van der Waals surface area contributed by atoms with Crippen LogP contribution in [0.1, 0.15) is 19.4 Å². The monoisotopic (exact) mass is 373 g/mol. The maximum Gasteiger partial charge on any atom is 0.280 e. The van der Waals surface area contributed by atoms with Crippen LogP contribution in [-0.2, 0) is 16.6 Å². The lowest BCUT2D eigenvalue weighted by Gasteiger charge is -2.10. The van der Waals surface area contributed by atoms with Gasteiger partial charge in [-0.2, -0.15) is 13.5 Å². The normalized spacial score (nSPS) is 11.8. The number of anilines is 1. The van der Waals surface area contributed by atoms with Crippen molar-refractivity contribution in [3.8, 4) is 0 Å². The molecule has 0 spiro atoms. The summed E-state index contributed by atoms with van der Waals surface area (Å²) in [5.41, 5.74) is 0.577. The molecule has 2 rings (SSSR count). The zero-order valence-electron chi connectivity index (χ0n) is 11.6. The van der Waals surface area contributed by atoms with Gasteiger partial charge in [-0.1, -0.05) is 13.8 Å². The fourth-order valence-corrected chi connectivity index (χ4v) is 2.97. The van der Waals surface area contributed by atoms with E-state index in [-0.39, 0.29) is 16.9 Å². The second-order valence-electron chi connectivity index (χ2n) is 4.73. The van der Waals surface area contributed by atoms with Gasteiger partial charge in [0.1, 0.15) is 5.82 Å². The molecule has 0 amide bonds. The highest BCUT2D eigenvalue weighted by Gasteiger charge is 2.21. The predicted molar refractivity (Wildman–Crippen MR) is 83.3 cm³/mol. The van der Waals surface area contributed by atoms with Crippen molar-refractivity contribution in [2.45, 2.75) is 31.5 Å². The Labute approximate surface area is 131 Å². The van der Waals surface area contributed by atoms with E-state index < -0.39 is 10.0 Å². The zero-order chi connectivity index (χ0) is 15.5. The first-order chi connectivity index (χ1) is 9.88. The Bertz CT molecular complexity index is 697. The summed E-state index contributed by atoms with van der Waals surface area (Å²) in [5, 5.41) is 9.53. The number of nitrogens with zero attached hydrogens (tertiary/aromatic N) is 2. The molecule has 0 aromatic carbocycles. The van der Waals surface area contributed by atoms with E-state index in [9.17, 15) is 8.42 Å². The number of nitrogens with one attached hydrogen (secondary N) is 3. The van der Waals surface area contributed by atoms with Gasteiger partial charge in [0.15, 0.2) is 5.03 Å². The van der Waals surface area contributed by atoms with Crippen molar-refractivity contribution < 1.29 is 8.42 Å². The summed E-state index contributed by atoms with van der Waals surface area (Å²) >= 11 is 3.25. The minimum absolute atomic E-state index is 0.0420. The van der Waals surface area contributed by atoms with Crippen molar-refractivity contribution in [2.75, 3.05) is 4.72 Å². The summed E-state index contributed by atoms with van der Waals surface area (Å²) < 4.78 is 27.9. The molecule has 2 aromatic heterocycles. The molecule has 2 aromatic rings. The number of rotatable bonds is 6. The van der Waals surface area contributed by atoms with E-state index in [2.05, 4.69) is 41.2 Å². The Morgan fingerprint density at radius 2 is 2.10 bits per heavy atom. The van der Waals surface area contributed by atoms with Gasteiger partial charge in [0.05, 0.1) is 6.20 Å². The lowest BCUT2D eigenvalue weighted by Crippen LogP contribution is -2.23. The van der Waals surface area contributed by atoms with Gasteiger partial charge in [0.25, 0.3) is 10.0 Å². The van der Waals surface area contributed by atoms with Gasteiger partial charge in [-0.3, -0.25) is 9.82 Å². The molecule has 0 saturated heterocycles. The van der Waals surface area contributed by atoms with Crippen LogP contribution < -0.4 is 10.0 Å². The molecule has 21 heavy (non-hydrogen) atoms. The number of sulfonamides is 1. The first-order valence-corrected chi connectivity index (χ1v) is 8.56. The summed E-state index contributed by atoms with van der Waals surface area (Å²) in [4.78, 5) is 3.99. The van der Waals surface area contributed by atoms with Gasteiger partial charge < -0.3 is 5.32 Å². The third-order valence-electron chi connectivity index (χ3n) is 2.61. The summed E-state index contributed by atoms with van der Waals surface area (Å²) in [7, 11) is -3.75. The Kier molecular flexibility index (Phi) is 4.96. The summed E-state index contributed by atoms with van der Waals surface area (Å²) in [6.45, 7) is 4.38. The quantitative estimate of drug-likeness (QED) is 0.717. The first-order valence-electron chi connectivity index (χ1n) is 6.28. The average molecular weight is 374 g/mol.